The Bertz CT molecular complexity index is 1110. The average Bonchev–Trinajstić information content (AvgIpc) is 3.23. The molecule has 0 amide bonds. The minimum absolute atomic E-state index is 0.0491. The number of aromatic nitrogens is 3. The third kappa shape index (κ3) is 3.92. The normalized spacial score (nSPS) is 11.0. The Hall–Kier alpha value is -3.50. The molecule has 0 fully saturated rings. The molecule has 0 spiro atoms. The standard InChI is InChI=1S/C23H16ClN3O/c24-20-11-7-18(8-12-20)22-16-25-26-27(22)21-13-9-19(10-14-21)23(28)15-6-17-4-2-1-3-5-17/h1-16H/b15-6+. The van der Waals surface area contributed by atoms with Gasteiger partial charge in [-0.1, -0.05) is 65.4 Å². The van der Waals surface area contributed by atoms with Crippen LogP contribution < -0.4 is 0 Å². The molecule has 4 aromatic rings. The first-order chi connectivity index (χ1) is 13.7. The fraction of sp³-hybridized carbons (Fsp3) is 0. The van der Waals surface area contributed by atoms with Gasteiger partial charge in [0.25, 0.3) is 0 Å². The first-order valence-electron chi connectivity index (χ1n) is 8.75. The van der Waals surface area contributed by atoms with Gasteiger partial charge in [0, 0.05) is 16.1 Å². The van der Waals surface area contributed by atoms with Crippen LogP contribution in [0.2, 0.25) is 5.02 Å². The van der Waals surface area contributed by atoms with Gasteiger partial charge in [0.15, 0.2) is 5.78 Å². The lowest BCUT2D eigenvalue weighted by atomic mass is 10.1. The van der Waals surface area contributed by atoms with Crippen LogP contribution in [0.25, 0.3) is 23.0 Å². The molecule has 0 aliphatic heterocycles. The Labute approximate surface area is 167 Å². The second kappa shape index (κ2) is 8.03. The molecule has 136 valence electrons. The van der Waals surface area contributed by atoms with Crippen LogP contribution in [-0.2, 0) is 0 Å². The molecule has 28 heavy (non-hydrogen) atoms. The summed E-state index contributed by atoms with van der Waals surface area (Å²) in [5.74, 6) is -0.0491. The number of hydrogen-bond donors (Lipinski definition) is 0. The molecule has 0 bridgehead atoms. The number of halogens is 1. The summed E-state index contributed by atoms with van der Waals surface area (Å²) in [7, 11) is 0. The van der Waals surface area contributed by atoms with E-state index in [0.29, 0.717) is 10.6 Å². The smallest absolute Gasteiger partial charge is 0.185 e. The quantitative estimate of drug-likeness (QED) is 0.337. The zero-order chi connectivity index (χ0) is 19.3. The van der Waals surface area contributed by atoms with E-state index in [4.69, 9.17) is 11.6 Å². The van der Waals surface area contributed by atoms with E-state index in [1.165, 1.54) is 0 Å². The molecule has 0 N–H and O–H groups in total. The second-order valence-corrected chi connectivity index (χ2v) is 6.63. The van der Waals surface area contributed by atoms with Crippen LogP contribution in [0.3, 0.4) is 0 Å². The largest absolute Gasteiger partial charge is 0.289 e. The lowest BCUT2D eigenvalue weighted by Gasteiger charge is -2.07. The summed E-state index contributed by atoms with van der Waals surface area (Å²) in [5.41, 5.74) is 4.23. The predicted octanol–water partition coefficient (Wildman–Crippen LogP) is 5.48. The second-order valence-electron chi connectivity index (χ2n) is 6.19. The van der Waals surface area contributed by atoms with Crippen molar-refractivity contribution < 1.29 is 4.79 Å². The minimum atomic E-state index is -0.0491. The van der Waals surface area contributed by atoms with Crippen molar-refractivity contribution in [3.05, 3.63) is 107 Å². The van der Waals surface area contributed by atoms with E-state index in [2.05, 4.69) is 10.3 Å². The molecule has 4 rings (SSSR count). The van der Waals surface area contributed by atoms with Crippen LogP contribution in [0.4, 0.5) is 0 Å². The summed E-state index contributed by atoms with van der Waals surface area (Å²) in [5, 5.41) is 8.87. The molecule has 1 aromatic heterocycles. The van der Waals surface area contributed by atoms with E-state index in [1.807, 2.05) is 72.8 Å². The Morgan fingerprint density at radius 1 is 0.893 bits per heavy atom. The van der Waals surface area contributed by atoms with Crippen molar-refractivity contribution in [2.45, 2.75) is 0 Å². The number of nitrogens with zero attached hydrogens (tertiary/aromatic N) is 3. The zero-order valence-electron chi connectivity index (χ0n) is 14.9. The highest BCUT2D eigenvalue weighted by Gasteiger charge is 2.10. The number of rotatable bonds is 5. The maximum absolute atomic E-state index is 12.4. The van der Waals surface area contributed by atoms with Gasteiger partial charge in [-0.2, -0.15) is 0 Å². The highest BCUT2D eigenvalue weighted by Crippen LogP contribution is 2.23. The summed E-state index contributed by atoms with van der Waals surface area (Å²) in [6.45, 7) is 0. The summed E-state index contributed by atoms with van der Waals surface area (Å²) in [4.78, 5) is 12.4. The van der Waals surface area contributed by atoms with Gasteiger partial charge in [-0.15, -0.1) is 5.10 Å². The number of benzene rings is 3. The van der Waals surface area contributed by atoms with Crippen molar-refractivity contribution in [3.8, 4) is 16.9 Å². The fourth-order valence-electron chi connectivity index (χ4n) is 2.84. The number of allylic oxidation sites excluding steroid dienone is 1. The van der Waals surface area contributed by atoms with E-state index in [0.717, 1.165) is 22.5 Å². The fourth-order valence-corrected chi connectivity index (χ4v) is 2.97. The Kier molecular flexibility index (Phi) is 5.13. The number of ketones is 1. The topological polar surface area (TPSA) is 47.8 Å². The summed E-state index contributed by atoms with van der Waals surface area (Å²) < 4.78 is 1.73. The maximum atomic E-state index is 12.4. The van der Waals surface area contributed by atoms with Crippen LogP contribution in [-0.4, -0.2) is 20.8 Å². The number of carbonyl (C=O) groups excluding carboxylic acids is 1. The molecule has 0 atom stereocenters. The van der Waals surface area contributed by atoms with Gasteiger partial charge in [-0.25, -0.2) is 4.68 Å². The van der Waals surface area contributed by atoms with E-state index >= 15 is 0 Å². The van der Waals surface area contributed by atoms with Gasteiger partial charge < -0.3 is 0 Å². The van der Waals surface area contributed by atoms with Crippen molar-refractivity contribution >= 4 is 23.5 Å². The van der Waals surface area contributed by atoms with Gasteiger partial charge in [-0.3, -0.25) is 4.79 Å². The molecule has 1 heterocycles. The van der Waals surface area contributed by atoms with Crippen LogP contribution >= 0.6 is 11.6 Å². The first kappa shape index (κ1) is 17.9. The Morgan fingerprint density at radius 3 is 2.32 bits per heavy atom. The van der Waals surface area contributed by atoms with Gasteiger partial charge in [0.1, 0.15) is 0 Å². The molecule has 0 saturated heterocycles. The lowest BCUT2D eigenvalue weighted by Crippen LogP contribution is -2.01. The van der Waals surface area contributed by atoms with E-state index < -0.39 is 0 Å². The van der Waals surface area contributed by atoms with E-state index in [1.54, 1.807) is 29.1 Å². The highest BCUT2D eigenvalue weighted by molar-refractivity contribution is 6.30. The summed E-state index contributed by atoms with van der Waals surface area (Å²) >= 11 is 5.97. The number of carbonyl (C=O) groups is 1. The van der Waals surface area contributed by atoms with E-state index in [-0.39, 0.29) is 5.78 Å². The monoisotopic (exact) mass is 385 g/mol. The van der Waals surface area contributed by atoms with Crippen LogP contribution in [0.1, 0.15) is 15.9 Å². The molecular weight excluding hydrogens is 370 g/mol. The summed E-state index contributed by atoms with van der Waals surface area (Å²) in [6, 6.07) is 24.5. The minimum Gasteiger partial charge on any atom is -0.289 e. The molecule has 0 unspecified atom stereocenters. The van der Waals surface area contributed by atoms with Crippen LogP contribution in [0.15, 0.2) is 91.1 Å². The molecule has 0 saturated carbocycles. The Balaban J connectivity index is 1.56. The third-order valence-electron chi connectivity index (χ3n) is 4.31. The van der Waals surface area contributed by atoms with Crippen molar-refractivity contribution in [2.75, 3.05) is 0 Å². The SMILES string of the molecule is O=C(/C=C/c1ccccc1)c1ccc(-n2nncc2-c2ccc(Cl)cc2)cc1. The van der Waals surface area contributed by atoms with Gasteiger partial charge in [0.2, 0.25) is 0 Å². The predicted molar refractivity (Wildman–Crippen MR) is 112 cm³/mol. The van der Waals surface area contributed by atoms with Gasteiger partial charge >= 0.3 is 0 Å². The van der Waals surface area contributed by atoms with Crippen molar-refractivity contribution in [3.63, 3.8) is 0 Å². The lowest BCUT2D eigenvalue weighted by molar-refractivity contribution is 0.104. The molecule has 0 radical (unpaired) electrons. The molecular formula is C23H16ClN3O. The van der Waals surface area contributed by atoms with Crippen LogP contribution in [0, 0.1) is 0 Å². The van der Waals surface area contributed by atoms with Gasteiger partial charge in [0.05, 0.1) is 17.6 Å². The van der Waals surface area contributed by atoms with Gasteiger partial charge in [-0.05, 0) is 48.0 Å². The highest BCUT2D eigenvalue weighted by atomic mass is 35.5. The summed E-state index contributed by atoms with van der Waals surface area (Å²) in [6.07, 6.45) is 5.09. The molecule has 0 aliphatic rings. The third-order valence-corrected chi connectivity index (χ3v) is 4.56. The van der Waals surface area contributed by atoms with Crippen molar-refractivity contribution in [1.29, 1.82) is 0 Å². The molecule has 0 aliphatic carbocycles. The first-order valence-corrected chi connectivity index (χ1v) is 9.13. The number of hydrogen-bond acceptors (Lipinski definition) is 3. The maximum Gasteiger partial charge on any atom is 0.185 e. The molecule has 4 nitrogen and oxygen atoms in total. The van der Waals surface area contributed by atoms with Crippen molar-refractivity contribution in [2.24, 2.45) is 0 Å². The van der Waals surface area contributed by atoms with Crippen LogP contribution in [0.5, 0.6) is 0 Å². The zero-order valence-corrected chi connectivity index (χ0v) is 15.6. The van der Waals surface area contributed by atoms with Crippen molar-refractivity contribution in [1.82, 2.24) is 15.0 Å². The Morgan fingerprint density at radius 2 is 1.61 bits per heavy atom. The molecule has 3 aromatic carbocycles. The van der Waals surface area contributed by atoms with E-state index in [9.17, 15) is 4.79 Å². The molecule has 5 heteroatoms. The average molecular weight is 386 g/mol.